The van der Waals surface area contributed by atoms with Gasteiger partial charge in [0.25, 0.3) is 0 Å². The number of rotatable bonds is 9. The Balaban J connectivity index is 0. The van der Waals surface area contributed by atoms with Crippen LogP contribution in [-0.2, 0) is 4.79 Å². The average Bonchev–Trinajstić information content (AvgIpc) is 2.50. The van der Waals surface area contributed by atoms with Crippen molar-refractivity contribution >= 4 is 5.97 Å². The molecule has 0 saturated heterocycles. The Bertz CT molecular complexity index is 349. The van der Waals surface area contributed by atoms with Crippen LogP contribution in [0.15, 0.2) is 35.5 Å². The van der Waals surface area contributed by atoms with Crippen LogP contribution in [0.2, 0.25) is 0 Å². The molecule has 0 aliphatic carbocycles. The highest BCUT2D eigenvalue weighted by atomic mass is 16.4. The summed E-state index contributed by atoms with van der Waals surface area (Å²) in [6, 6.07) is 0. The summed E-state index contributed by atoms with van der Waals surface area (Å²) in [6.45, 7) is 12.2. The minimum Gasteiger partial charge on any atom is -0.478 e. The van der Waals surface area contributed by atoms with E-state index >= 15 is 0 Å². The summed E-state index contributed by atoms with van der Waals surface area (Å²) in [5, 5.41) is 9.00. The van der Waals surface area contributed by atoms with Crippen molar-refractivity contribution in [3.8, 4) is 0 Å². The Morgan fingerprint density at radius 3 is 2.00 bits per heavy atom. The minimum atomic E-state index is -0.866. The van der Waals surface area contributed by atoms with E-state index in [1.807, 2.05) is 26.8 Å². The van der Waals surface area contributed by atoms with Gasteiger partial charge in [-0.15, -0.1) is 0 Å². The fourth-order valence-electron chi connectivity index (χ4n) is 2.22. The predicted molar refractivity (Wildman–Crippen MR) is 93.6 cm³/mol. The van der Waals surface area contributed by atoms with Gasteiger partial charge in [-0.2, -0.15) is 0 Å². The van der Waals surface area contributed by atoms with Gasteiger partial charge in [0.2, 0.25) is 0 Å². The lowest BCUT2D eigenvalue weighted by Gasteiger charge is -2.17. The van der Waals surface area contributed by atoms with E-state index in [1.165, 1.54) is 31.3 Å². The lowest BCUT2D eigenvalue weighted by molar-refractivity contribution is -0.132. The first kappa shape index (κ1) is 22.0. The van der Waals surface area contributed by atoms with E-state index in [1.54, 1.807) is 19.1 Å². The third kappa shape index (κ3) is 10.1. The first-order chi connectivity index (χ1) is 10.1. The van der Waals surface area contributed by atoms with Gasteiger partial charge in [0.05, 0.1) is 5.57 Å². The van der Waals surface area contributed by atoms with Gasteiger partial charge < -0.3 is 5.11 Å². The average molecular weight is 294 g/mol. The van der Waals surface area contributed by atoms with Crippen molar-refractivity contribution in [2.24, 2.45) is 5.92 Å². The Hall–Kier alpha value is -1.31. The molecule has 0 saturated carbocycles. The molecule has 2 nitrogen and oxygen atoms in total. The van der Waals surface area contributed by atoms with Crippen molar-refractivity contribution in [1.82, 2.24) is 0 Å². The van der Waals surface area contributed by atoms with Gasteiger partial charge >= 0.3 is 5.97 Å². The lowest BCUT2D eigenvalue weighted by atomic mass is 9.88. The molecule has 0 aromatic rings. The quantitative estimate of drug-likeness (QED) is 0.409. The molecule has 2 heteroatoms. The number of carbonyl (C=O) groups is 1. The summed E-state index contributed by atoms with van der Waals surface area (Å²) in [7, 11) is 0. The summed E-state index contributed by atoms with van der Waals surface area (Å²) >= 11 is 0. The van der Waals surface area contributed by atoms with Gasteiger partial charge in [-0.05, 0) is 44.3 Å². The highest BCUT2D eigenvalue weighted by Crippen LogP contribution is 2.24. The van der Waals surface area contributed by atoms with Crippen LogP contribution in [0.1, 0.15) is 73.6 Å². The Labute approximate surface area is 131 Å². The van der Waals surface area contributed by atoms with Gasteiger partial charge in [-0.1, -0.05) is 65.2 Å². The third-order valence-corrected chi connectivity index (χ3v) is 3.36. The fraction of sp³-hybridized carbons (Fsp3) is 0.632. The second kappa shape index (κ2) is 15.1. The van der Waals surface area contributed by atoms with Crippen LogP contribution in [0, 0.1) is 5.92 Å². The SMILES string of the molecule is CC.C\C=C(/C=C\C(=C/C)C(=O)O)C(CCC)CCCC. The maximum absolute atomic E-state index is 11.0. The van der Waals surface area contributed by atoms with E-state index in [2.05, 4.69) is 19.9 Å². The maximum Gasteiger partial charge on any atom is 0.335 e. The summed E-state index contributed by atoms with van der Waals surface area (Å²) in [6.07, 6.45) is 13.4. The molecule has 0 amide bonds. The first-order valence-corrected chi connectivity index (χ1v) is 8.34. The zero-order valence-electron chi connectivity index (χ0n) is 14.8. The number of unbranched alkanes of at least 4 members (excludes halogenated alkanes) is 1. The van der Waals surface area contributed by atoms with Gasteiger partial charge in [0.15, 0.2) is 0 Å². The van der Waals surface area contributed by atoms with Gasteiger partial charge in [0.1, 0.15) is 0 Å². The van der Waals surface area contributed by atoms with Crippen LogP contribution >= 0.6 is 0 Å². The highest BCUT2D eigenvalue weighted by molar-refractivity contribution is 5.89. The molecular weight excluding hydrogens is 260 g/mol. The molecule has 1 unspecified atom stereocenters. The topological polar surface area (TPSA) is 37.3 Å². The molecule has 0 bridgehead atoms. The van der Waals surface area contributed by atoms with E-state index in [-0.39, 0.29) is 0 Å². The summed E-state index contributed by atoms with van der Waals surface area (Å²) in [4.78, 5) is 11.0. The van der Waals surface area contributed by atoms with E-state index in [9.17, 15) is 4.79 Å². The van der Waals surface area contributed by atoms with Crippen molar-refractivity contribution < 1.29 is 9.90 Å². The molecule has 1 N–H and O–H groups in total. The Morgan fingerprint density at radius 1 is 1.00 bits per heavy atom. The first-order valence-electron chi connectivity index (χ1n) is 8.34. The highest BCUT2D eigenvalue weighted by Gasteiger charge is 2.11. The smallest absolute Gasteiger partial charge is 0.335 e. The minimum absolute atomic E-state index is 0.352. The van der Waals surface area contributed by atoms with Crippen LogP contribution in [0.25, 0.3) is 0 Å². The zero-order chi connectivity index (χ0) is 16.7. The number of carboxylic acids is 1. The van der Waals surface area contributed by atoms with Gasteiger partial charge in [-0.25, -0.2) is 4.79 Å². The molecule has 0 aromatic carbocycles. The molecule has 122 valence electrons. The molecule has 0 heterocycles. The summed E-state index contributed by atoms with van der Waals surface area (Å²) in [5.74, 6) is -0.312. The second-order valence-electron chi connectivity index (χ2n) is 4.80. The van der Waals surface area contributed by atoms with E-state index < -0.39 is 5.97 Å². The molecule has 0 radical (unpaired) electrons. The summed E-state index contributed by atoms with van der Waals surface area (Å²) in [5.41, 5.74) is 1.61. The molecule has 0 aromatic heterocycles. The standard InChI is InChI=1S/C17H28O2.C2H6/c1-5-9-11-16(10-6-2)14(7-3)12-13-15(8-4)17(18)19;1-2/h7-8,12-13,16H,5-6,9-11H2,1-4H3,(H,18,19);1-2H3/b13-12-,14-7+,15-8+;. The number of allylic oxidation sites excluding steroid dienone is 4. The number of hydrogen-bond acceptors (Lipinski definition) is 1. The van der Waals surface area contributed by atoms with Crippen molar-refractivity contribution in [2.45, 2.75) is 73.6 Å². The van der Waals surface area contributed by atoms with Gasteiger partial charge in [-0.3, -0.25) is 0 Å². The van der Waals surface area contributed by atoms with E-state index in [0.29, 0.717) is 11.5 Å². The molecular formula is C19H34O2. The van der Waals surface area contributed by atoms with Crippen molar-refractivity contribution in [2.75, 3.05) is 0 Å². The largest absolute Gasteiger partial charge is 0.478 e. The van der Waals surface area contributed by atoms with Crippen LogP contribution in [0.5, 0.6) is 0 Å². The van der Waals surface area contributed by atoms with Crippen molar-refractivity contribution in [1.29, 1.82) is 0 Å². The normalized spacial score (nSPS) is 13.8. The zero-order valence-corrected chi connectivity index (χ0v) is 14.8. The maximum atomic E-state index is 11.0. The molecule has 0 aliphatic rings. The van der Waals surface area contributed by atoms with Crippen molar-refractivity contribution in [3.63, 3.8) is 0 Å². The molecule has 1 atom stereocenters. The lowest BCUT2D eigenvalue weighted by Crippen LogP contribution is -2.03. The predicted octanol–water partition coefficient (Wildman–Crippen LogP) is 6.15. The Morgan fingerprint density at radius 2 is 1.62 bits per heavy atom. The monoisotopic (exact) mass is 294 g/mol. The van der Waals surface area contributed by atoms with Crippen LogP contribution in [0.3, 0.4) is 0 Å². The van der Waals surface area contributed by atoms with E-state index in [4.69, 9.17) is 5.11 Å². The van der Waals surface area contributed by atoms with Gasteiger partial charge in [0, 0.05) is 0 Å². The van der Waals surface area contributed by atoms with Crippen LogP contribution < -0.4 is 0 Å². The molecule has 0 fully saturated rings. The summed E-state index contributed by atoms with van der Waals surface area (Å²) < 4.78 is 0. The van der Waals surface area contributed by atoms with Crippen LogP contribution in [-0.4, -0.2) is 11.1 Å². The molecule has 0 spiro atoms. The number of aliphatic carboxylic acids is 1. The third-order valence-electron chi connectivity index (χ3n) is 3.36. The second-order valence-corrected chi connectivity index (χ2v) is 4.80. The number of carboxylic acid groups (broad SMARTS) is 1. The van der Waals surface area contributed by atoms with E-state index in [0.717, 1.165) is 6.42 Å². The van der Waals surface area contributed by atoms with Crippen molar-refractivity contribution in [3.05, 3.63) is 35.5 Å². The fourth-order valence-corrected chi connectivity index (χ4v) is 2.22. The molecule has 21 heavy (non-hydrogen) atoms. The molecule has 0 rings (SSSR count). The van der Waals surface area contributed by atoms with Crippen LogP contribution in [0.4, 0.5) is 0 Å². The molecule has 0 aliphatic heterocycles. The number of hydrogen-bond donors (Lipinski definition) is 1. The Kier molecular flexibility index (Phi) is 15.8.